The molecule has 6 aliphatic heterocycles. The van der Waals surface area contributed by atoms with Gasteiger partial charge in [-0.3, -0.25) is 9.59 Å². The molecule has 0 N–H and O–H groups in total. The van der Waals surface area contributed by atoms with Gasteiger partial charge in [0.1, 0.15) is 66.2 Å². The van der Waals surface area contributed by atoms with E-state index in [1.807, 2.05) is 54.6 Å². The lowest BCUT2D eigenvalue weighted by Gasteiger charge is -2.46. The zero-order valence-electron chi connectivity index (χ0n) is 26.1. The van der Waals surface area contributed by atoms with Gasteiger partial charge in [-0.1, -0.05) is 54.6 Å². The summed E-state index contributed by atoms with van der Waals surface area (Å²) in [5.74, 6) is -0.768. The van der Waals surface area contributed by atoms with Crippen molar-refractivity contribution < 1.29 is 37.5 Å². The van der Waals surface area contributed by atoms with Crippen molar-refractivity contribution in [3.8, 4) is 0 Å². The maximum Gasteiger partial charge on any atom is 0.321 e. The molecule has 8 heteroatoms. The normalized spacial score (nSPS) is 44.5. The smallest absolute Gasteiger partial charge is 0.321 e. The van der Waals surface area contributed by atoms with Crippen molar-refractivity contribution in [3.63, 3.8) is 0 Å². The topological polar surface area (TPSA) is 77.7 Å². The minimum Gasteiger partial charge on any atom is -0.461 e. The number of morpholine rings is 2. The molecule has 8 nitrogen and oxygen atoms in total. The Balaban J connectivity index is 0.998. The van der Waals surface area contributed by atoms with Crippen LogP contribution in [0.1, 0.15) is 61.1 Å². The molecule has 0 radical (unpaired) electrons. The highest BCUT2D eigenvalue weighted by Gasteiger charge is 2.72. The Kier molecular flexibility index (Phi) is 5.72. The molecule has 6 heterocycles. The molecule has 44 heavy (non-hydrogen) atoms. The van der Waals surface area contributed by atoms with E-state index < -0.39 is 11.3 Å². The Morgan fingerprint density at radius 3 is 1.77 bits per heavy atom. The molecule has 0 amide bonds. The number of hydrogen-bond donors (Lipinski definition) is 0. The van der Waals surface area contributed by atoms with Gasteiger partial charge in [-0.25, -0.2) is 0 Å². The van der Waals surface area contributed by atoms with Crippen molar-refractivity contribution in [3.05, 3.63) is 71.3 Å². The summed E-state index contributed by atoms with van der Waals surface area (Å²) in [5.41, 5.74) is 1.72. The van der Waals surface area contributed by atoms with E-state index in [-0.39, 0.29) is 24.1 Å². The van der Waals surface area contributed by atoms with Gasteiger partial charge in [-0.05, 0) is 29.5 Å². The fourth-order valence-electron chi connectivity index (χ4n) is 10.5. The number of carbonyl (C=O) groups is 2. The standard InChI is InChI=1S/C36H44N2O6/c1-37(2)26-16-21(17-27(37)31-30(26)43-31)41-34(39)24-14-15-36(20-10-6-5-7-11-20,25-13-9-8-12-23(24)25)35(40)42-22-18-28-32-33(44-32)29(19-22)38(28,3)4/h5-13,21-22,24,26-33H,14-19H2,1-4H3/q+2/t21?,24-,26-,27+,28-,29-,30+,31-,32+,33+,36-/m0/s1. The van der Waals surface area contributed by atoms with Crippen LogP contribution in [0.4, 0.5) is 0 Å². The molecule has 6 saturated heterocycles. The van der Waals surface area contributed by atoms with Gasteiger partial charge in [-0.15, -0.1) is 0 Å². The fraction of sp³-hybridized carbons (Fsp3) is 0.611. The number of likely N-dealkylation sites (N-methyl/N-ethyl adjacent to an activating group) is 2. The summed E-state index contributed by atoms with van der Waals surface area (Å²) in [4.78, 5) is 28.6. The van der Waals surface area contributed by atoms with Crippen LogP contribution >= 0.6 is 0 Å². The van der Waals surface area contributed by atoms with Gasteiger partial charge >= 0.3 is 11.9 Å². The minimum absolute atomic E-state index is 0.0856. The van der Waals surface area contributed by atoms with Crippen molar-refractivity contribution in [2.75, 3.05) is 28.2 Å². The second-order valence-corrected chi connectivity index (χ2v) is 15.6. The number of piperidine rings is 2. The van der Waals surface area contributed by atoms with Crippen LogP contribution in [0.15, 0.2) is 54.6 Å². The van der Waals surface area contributed by atoms with Crippen LogP contribution in [0, 0.1) is 0 Å². The van der Waals surface area contributed by atoms with Crippen LogP contribution in [-0.4, -0.2) is 110 Å². The van der Waals surface area contributed by atoms with E-state index in [2.05, 4.69) is 28.2 Å². The number of rotatable bonds is 5. The van der Waals surface area contributed by atoms with Crippen LogP contribution in [0.2, 0.25) is 0 Å². The van der Waals surface area contributed by atoms with Crippen molar-refractivity contribution in [2.24, 2.45) is 0 Å². The molecular weight excluding hydrogens is 556 g/mol. The summed E-state index contributed by atoms with van der Waals surface area (Å²) in [6.07, 6.45) is 5.38. The third-order valence-electron chi connectivity index (χ3n) is 13.1. The van der Waals surface area contributed by atoms with E-state index >= 15 is 0 Å². The number of benzene rings is 2. The molecule has 232 valence electrons. The molecular formula is C36H44N2O6+2. The van der Waals surface area contributed by atoms with Gasteiger partial charge in [0.2, 0.25) is 0 Å². The number of ether oxygens (including phenoxy) is 4. The average molecular weight is 601 g/mol. The molecule has 0 aromatic heterocycles. The Labute approximate surface area is 259 Å². The molecule has 0 saturated carbocycles. The number of fused-ring (bicyclic) bond motifs is 11. The number of epoxide rings is 2. The first kappa shape index (κ1) is 27.5. The Hall–Kier alpha value is -2.78. The minimum atomic E-state index is -0.973. The lowest BCUT2D eigenvalue weighted by atomic mass is 9.63. The van der Waals surface area contributed by atoms with Gasteiger partial charge in [-0.2, -0.15) is 0 Å². The van der Waals surface area contributed by atoms with Crippen molar-refractivity contribution in [2.45, 2.75) is 111 Å². The quantitative estimate of drug-likeness (QED) is 0.297. The van der Waals surface area contributed by atoms with Crippen molar-refractivity contribution in [1.82, 2.24) is 0 Å². The number of nitrogens with zero attached hydrogens (tertiary/aromatic N) is 2. The Bertz CT molecular complexity index is 1490. The SMILES string of the molecule is C[N+]1(C)[C@@H]2CC(OC(=O)[C@H]3CC[C@](C(=O)OC4C[C@H]5[C@H]6O[C@@H]6[C@H](C4)[N+]5(C)C)(c4ccccc4)c4ccccc43)C[C@H]1[C@H]1O[C@H]12. The summed E-state index contributed by atoms with van der Waals surface area (Å²) < 4.78 is 26.7. The van der Waals surface area contributed by atoms with Crippen LogP contribution in [0.5, 0.6) is 0 Å². The van der Waals surface area contributed by atoms with E-state index in [9.17, 15) is 9.59 Å². The molecule has 11 atom stereocenters. The number of esters is 2. The molecule has 4 bridgehead atoms. The van der Waals surface area contributed by atoms with Crippen molar-refractivity contribution >= 4 is 11.9 Å². The van der Waals surface area contributed by atoms with Crippen LogP contribution in [0.25, 0.3) is 0 Å². The first-order chi connectivity index (χ1) is 21.1. The van der Waals surface area contributed by atoms with Crippen LogP contribution in [0.3, 0.4) is 0 Å². The average Bonchev–Trinajstić information content (AvgIpc) is 3.91. The summed E-state index contributed by atoms with van der Waals surface area (Å²) in [5, 5.41) is 0. The third-order valence-corrected chi connectivity index (χ3v) is 13.1. The van der Waals surface area contributed by atoms with Crippen molar-refractivity contribution in [1.29, 1.82) is 0 Å². The lowest BCUT2D eigenvalue weighted by Crippen LogP contribution is -2.60. The number of carbonyl (C=O) groups excluding carboxylic acids is 2. The second kappa shape index (κ2) is 9.15. The molecule has 7 aliphatic rings. The van der Waals surface area contributed by atoms with E-state index in [1.165, 1.54) is 0 Å². The first-order valence-corrected chi connectivity index (χ1v) is 16.6. The summed E-state index contributed by atoms with van der Waals surface area (Å²) in [6, 6.07) is 19.5. The van der Waals surface area contributed by atoms with E-state index in [0.717, 1.165) is 51.3 Å². The largest absolute Gasteiger partial charge is 0.461 e. The van der Waals surface area contributed by atoms with E-state index in [4.69, 9.17) is 18.9 Å². The predicted molar refractivity (Wildman–Crippen MR) is 161 cm³/mol. The monoisotopic (exact) mass is 600 g/mol. The summed E-state index contributed by atoms with van der Waals surface area (Å²) in [7, 11) is 9.16. The molecule has 6 fully saturated rings. The zero-order chi connectivity index (χ0) is 30.2. The molecule has 9 rings (SSSR count). The lowest BCUT2D eigenvalue weighted by molar-refractivity contribution is -0.938. The Morgan fingerprint density at radius 2 is 1.20 bits per heavy atom. The molecule has 2 aromatic carbocycles. The summed E-state index contributed by atoms with van der Waals surface area (Å²) >= 11 is 0. The highest BCUT2D eigenvalue weighted by Crippen LogP contribution is 2.54. The van der Waals surface area contributed by atoms with Gasteiger partial charge in [0.15, 0.2) is 0 Å². The van der Waals surface area contributed by atoms with Crippen LogP contribution < -0.4 is 0 Å². The van der Waals surface area contributed by atoms with E-state index in [0.29, 0.717) is 61.4 Å². The van der Waals surface area contributed by atoms with Gasteiger partial charge in [0.25, 0.3) is 0 Å². The molecule has 1 aliphatic carbocycles. The van der Waals surface area contributed by atoms with Gasteiger partial charge in [0.05, 0.1) is 34.1 Å². The van der Waals surface area contributed by atoms with Gasteiger partial charge < -0.3 is 27.9 Å². The maximum atomic E-state index is 14.6. The molecule has 2 aromatic rings. The third kappa shape index (κ3) is 3.71. The molecule has 1 unspecified atom stereocenters. The summed E-state index contributed by atoms with van der Waals surface area (Å²) in [6.45, 7) is 0. The predicted octanol–water partition coefficient (Wildman–Crippen LogP) is 3.45. The highest BCUT2D eigenvalue weighted by atomic mass is 16.6. The number of hydrogen-bond acceptors (Lipinski definition) is 6. The second-order valence-electron chi connectivity index (χ2n) is 15.6. The molecule has 0 spiro atoms. The van der Waals surface area contributed by atoms with E-state index in [1.54, 1.807) is 0 Å². The fourth-order valence-corrected chi connectivity index (χ4v) is 10.5. The van der Waals surface area contributed by atoms with Gasteiger partial charge in [0, 0.05) is 25.7 Å². The highest BCUT2D eigenvalue weighted by molar-refractivity contribution is 5.91. The van der Waals surface area contributed by atoms with Crippen LogP contribution in [-0.2, 0) is 34.0 Å². The maximum absolute atomic E-state index is 14.6. The Morgan fingerprint density at radius 1 is 0.705 bits per heavy atom. The first-order valence-electron chi connectivity index (χ1n) is 16.6. The zero-order valence-corrected chi connectivity index (χ0v) is 26.1. The number of quaternary nitrogens is 2.